The van der Waals surface area contributed by atoms with Crippen LogP contribution in [-0.2, 0) is 0 Å². The Labute approximate surface area is 89.8 Å². The van der Waals surface area contributed by atoms with Gasteiger partial charge in [-0.25, -0.2) is 0 Å². The summed E-state index contributed by atoms with van der Waals surface area (Å²) in [4.78, 5) is 0. The van der Waals surface area contributed by atoms with E-state index in [2.05, 4.69) is 39.8 Å². The van der Waals surface area contributed by atoms with E-state index in [1.165, 1.54) is 25.7 Å². The van der Waals surface area contributed by atoms with Gasteiger partial charge in [0.2, 0.25) is 0 Å². The van der Waals surface area contributed by atoms with Crippen molar-refractivity contribution in [1.29, 1.82) is 0 Å². The molecule has 82 valence electrons. The molecule has 0 fully saturated rings. The first-order valence-corrected chi connectivity index (χ1v) is 6.31. The van der Waals surface area contributed by atoms with E-state index in [1.807, 2.05) is 0 Å². The molecule has 0 heteroatoms. The van der Waals surface area contributed by atoms with Crippen molar-refractivity contribution < 1.29 is 0 Å². The highest BCUT2D eigenvalue weighted by atomic mass is 14.3. The van der Waals surface area contributed by atoms with Gasteiger partial charge in [0.15, 0.2) is 0 Å². The maximum absolute atomic E-state index is 2.42. The third-order valence-corrected chi connectivity index (χ3v) is 3.65. The van der Waals surface area contributed by atoms with Gasteiger partial charge in [-0.05, 0) is 36.5 Å². The molecule has 1 aliphatic rings. The third kappa shape index (κ3) is 3.15. The fourth-order valence-corrected chi connectivity index (χ4v) is 2.63. The van der Waals surface area contributed by atoms with Crippen LogP contribution in [0.25, 0.3) is 0 Å². The average Bonchev–Trinajstić information content (AvgIpc) is 2.00. The molecular weight excluding hydrogens is 168 g/mol. The molecule has 0 heterocycles. The average molecular weight is 194 g/mol. The zero-order chi connectivity index (χ0) is 10.6. The number of rotatable bonds is 6. The van der Waals surface area contributed by atoms with E-state index in [0.29, 0.717) is 0 Å². The molecule has 0 saturated heterocycles. The first-order valence-electron chi connectivity index (χ1n) is 6.31. The zero-order valence-corrected chi connectivity index (χ0v) is 10.3. The molecule has 0 amide bonds. The fraction of sp³-hybridized carbons (Fsp3) is 0.857. The molecule has 0 aliphatic heterocycles. The summed E-state index contributed by atoms with van der Waals surface area (Å²) in [6.07, 6.45) is 10.3. The predicted octanol–water partition coefficient (Wildman–Crippen LogP) is 4.66. The van der Waals surface area contributed by atoms with E-state index in [-0.39, 0.29) is 0 Å². The second-order valence-electron chi connectivity index (χ2n) is 5.37. The topological polar surface area (TPSA) is 0 Å². The van der Waals surface area contributed by atoms with Gasteiger partial charge in [0.05, 0.1) is 0 Å². The Bertz CT molecular complexity index is 178. The van der Waals surface area contributed by atoms with Gasteiger partial charge < -0.3 is 0 Å². The van der Waals surface area contributed by atoms with Crippen LogP contribution in [0, 0.1) is 23.7 Å². The molecule has 3 atom stereocenters. The van der Waals surface area contributed by atoms with E-state index in [9.17, 15) is 0 Å². The van der Waals surface area contributed by atoms with Crippen LogP contribution in [0.3, 0.4) is 0 Å². The first kappa shape index (κ1) is 11.8. The van der Waals surface area contributed by atoms with Gasteiger partial charge in [0, 0.05) is 0 Å². The van der Waals surface area contributed by atoms with Crippen LogP contribution in [0.15, 0.2) is 12.2 Å². The second kappa shape index (κ2) is 5.58. The molecule has 0 radical (unpaired) electrons. The van der Waals surface area contributed by atoms with Gasteiger partial charge >= 0.3 is 0 Å². The molecular formula is C14H26. The molecule has 1 rings (SSSR count). The summed E-state index contributed by atoms with van der Waals surface area (Å²) in [5, 5.41) is 0. The summed E-state index contributed by atoms with van der Waals surface area (Å²) >= 11 is 0. The lowest BCUT2D eigenvalue weighted by molar-refractivity contribution is 0.225. The molecule has 14 heavy (non-hydrogen) atoms. The molecule has 0 saturated carbocycles. The molecule has 0 N–H and O–H groups in total. The van der Waals surface area contributed by atoms with Gasteiger partial charge in [0.1, 0.15) is 0 Å². The van der Waals surface area contributed by atoms with E-state index in [0.717, 1.165) is 23.7 Å². The summed E-state index contributed by atoms with van der Waals surface area (Å²) in [7, 11) is 0. The Hall–Kier alpha value is -0.260. The quantitative estimate of drug-likeness (QED) is 0.539. The Morgan fingerprint density at radius 3 is 2.29 bits per heavy atom. The minimum Gasteiger partial charge on any atom is -0.0876 e. The predicted molar refractivity (Wildman–Crippen MR) is 64.3 cm³/mol. The molecule has 1 aliphatic carbocycles. The molecule has 0 spiro atoms. The third-order valence-electron chi connectivity index (χ3n) is 3.65. The molecule has 3 unspecified atom stereocenters. The number of allylic oxidation sites excluding steroid dienone is 2. The summed E-state index contributed by atoms with van der Waals surface area (Å²) in [6, 6.07) is 0. The Balaban J connectivity index is 2.38. The molecule has 0 aromatic rings. The normalized spacial score (nSPS) is 24.8. The van der Waals surface area contributed by atoms with Crippen LogP contribution in [-0.4, -0.2) is 0 Å². The second-order valence-corrected chi connectivity index (χ2v) is 5.37. The van der Waals surface area contributed by atoms with Crippen LogP contribution in [0.4, 0.5) is 0 Å². The summed E-state index contributed by atoms with van der Waals surface area (Å²) < 4.78 is 0. The highest BCUT2D eigenvalue weighted by Crippen LogP contribution is 2.36. The highest BCUT2D eigenvalue weighted by Gasteiger charge is 2.26. The van der Waals surface area contributed by atoms with Crippen molar-refractivity contribution in [2.45, 2.75) is 53.4 Å². The Morgan fingerprint density at radius 1 is 1.29 bits per heavy atom. The lowest BCUT2D eigenvalue weighted by Gasteiger charge is -2.33. The van der Waals surface area contributed by atoms with Crippen molar-refractivity contribution in [3.63, 3.8) is 0 Å². The largest absolute Gasteiger partial charge is 0.0876 e. The Morgan fingerprint density at radius 2 is 1.93 bits per heavy atom. The van der Waals surface area contributed by atoms with Gasteiger partial charge in [0.25, 0.3) is 0 Å². The van der Waals surface area contributed by atoms with Gasteiger partial charge in [-0.3, -0.25) is 0 Å². The van der Waals surface area contributed by atoms with Crippen LogP contribution < -0.4 is 0 Å². The van der Waals surface area contributed by atoms with Crippen LogP contribution in [0.1, 0.15) is 53.4 Å². The van der Waals surface area contributed by atoms with Crippen LogP contribution >= 0.6 is 0 Å². The van der Waals surface area contributed by atoms with Crippen molar-refractivity contribution in [1.82, 2.24) is 0 Å². The lowest BCUT2D eigenvalue weighted by atomic mass is 9.72. The molecule has 0 bridgehead atoms. The lowest BCUT2D eigenvalue weighted by Crippen LogP contribution is -2.24. The number of hydrogen-bond donors (Lipinski definition) is 0. The number of hydrogen-bond acceptors (Lipinski definition) is 0. The maximum atomic E-state index is 2.42. The Kier molecular flexibility index (Phi) is 4.71. The minimum atomic E-state index is 0.851. The van der Waals surface area contributed by atoms with E-state index < -0.39 is 0 Å². The SMILES string of the molecule is CCCC(C)CC(C(C)C)C1C=CC1. The smallest absolute Gasteiger partial charge is 0.0168 e. The van der Waals surface area contributed by atoms with Crippen molar-refractivity contribution >= 4 is 0 Å². The fourth-order valence-electron chi connectivity index (χ4n) is 2.63. The van der Waals surface area contributed by atoms with E-state index in [1.54, 1.807) is 0 Å². The monoisotopic (exact) mass is 194 g/mol. The summed E-state index contributed by atoms with van der Waals surface area (Å²) in [5.74, 6) is 3.60. The van der Waals surface area contributed by atoms with Crippen molar-refractivity contribution in [2.75, 3.05) is 0 Å². The van der Waals surface area contributed by atoms with Crippen LogP contribution in [0.5, 0.6) is 0 Å². The van der Waals surface area contributed by atoms with Gasteiger partial charge in [-0.2, -0.15) is 0 Å². The van der Waals surface area contributed by atoms with Gasteiger partial charge in [-0.15, -0.1) is 0 Å². The van der Waals surface area contributed by atoms with Crippen molar-refractivity contribution in [2.24, 2.45) is 23.7 Å². The molecule has 0 aromatic carbocycles. The standard InChI is InChI=1S/C14H26/c1-5-7-12(4)10-14(11(2)3)13-8-6-9-13/h6,8,11-14H,5,7,9-10H2,1-4H3. The summed E-state index contributed by atoms with van der Waals surface area (Å²) in [5.41, 5.74) is 0. The zero-order valence-electron chi connectivity index (χ0n) is 10.3. The van der Waals surface area contributed by atoms with Crippen molar-refractivity contribution in [3.05, 3.63) is 12.2 Å². The van der Waals surface area contributed by atoms with Crippen LogP contribution in [0.2, 0.25) is 0 Å². The van der Waals surface area contributed by atoms with Gasteiger partial charge in [-0.1, -0.05) is 52.7 Å². The highest BCUT2D eigenvalue weighted by molar-refractivity contribution is 5.04. The van der Waals surface area contributed by atoms with E-state index in [4.69, 9.17) is 0 Å². The first-order chi connectivity index (χ1) is 6.65. The minimum absolute atomic E-state index is 0.851. The van der Waals surface area contributed by atoms with E-state index >= 15 is 0 Å². The maximum Gasteiger partial charge on any atom is -0.0168 e. The molecule has 0 aromatic heterocycles. The summed E-state index contributed by atoms with van der Waals surface area (Å²) in [6.45, 7) is 9.48. The molecule has 0 nitrogen and oxygen atoms in total. The van der Waals surface area contributed by atoms with Crippen molar-refractivity contribution in [3.8, 4) is 0 Å².